The molecule has 7 heteroatoms. The van der Waals surface area contributed by atoms with Crippen molar-refractivity contribution in [1.82, 2.24) is 15.6 Å². The van der Waals surface area contributed by atoms with Crippen LogP contribution < -0.4 is 16.0 Å². The SMILES string of the molecule is Cc1ccc(NC(=O)CNC(=O)NCc2ccco2)nc1. The summed E-state index contributed by atoms with van der Waals surface area (Å²) >= 11 is 0. The first-order valence-corrected chi connectivity index (χ1v) is 6.40. The number of pyridine rings is 1. The van der Waals surface area contributed by atoms with Crippen LogP contribution in [-0.4, -0.2) is 23.5 Å². The number of nitrogens with zero attached hydrogens (tertiary/aromatic N) is 1. The summed E-state index contributed by atoms with van der Waals surface area (Å²) in [6.07, 6.45) is 3.18. The first-order chi connectivity index (χ1) is 10.1. The quantitative estimate of drug-likeness (QED) is 0.775. The van der Waals surface area contributed by atoms with Gasteiger partial charge in [0.25, 0.3) is 0 Å². The molecule has 0 aliphatic heterocycles. The Labute approximate surface area is 121 Å². The van der Waals surface area contributed by atoms with Crippen LogP contribution in [0.1, 0.15) is 11.3 Å². The zero-order valence-electron chi connectivity index (χ0n) is 11.6. The average Bonchev–Trinajstić information content (AvgIpc) is 2.99. The average molecular weight is 288 g/mol. The van der Waals surface area contributed by atoms with Gasteiger partial charge in [-0.05, 0) is 30.7 Å². The number of rotatable bonds is 5. The van der Waals surface area contributed by atoms with Crippen molar-refractivity contribution >= 4 is 17.8 Å². The largest absolute Gasteiger partial charge is 0.467 e. The van der Waals surface area contributed by atoms with E-state index in [0.29, 0.717) is 11.6 Å². The number of amides is 3. The number of urea groups is 1. The van der Waals surface area contributed by atoms with Crippen molar-refractivity contribution in [2.24, 2.45) is 0 Å². The van der Waals surface area contributed by atoms with E-state index in [1.54, 1.807) is 24.4 Å². The highest BCUT2D eigenvalue weighted by molar-refractivity contribution is 5.93. The highest BCUT2D eigenvalue weighted by Gasteiger charge is 2.06. The molecule has 0 bridgehead atoms. The summed E-state index contributed by atoms with van der Waals surface area (Å²) in [5.41, 5.74) is 1.00. The molecule has 3 N–H and O–H groups in total. The lowest BCUT2D eigenvalue weighted by Gasteiger charge is -2.07. The highest BCUT2D eigenvalue weighted by Crippen LogP contribution is 2.03. The lowest BCUT2D eigenvalue weighted by molar-refractivity contribution is -0.115. The number of nitrogens with one attached hydrogen (secondary N) is 3. The summed E-state index contributed by atoms with van der Waals surface area (Å²) in [6.45, 7) is 2.03. The Bertz CT molecular complexity index is 593. The standard InChI is InChI=1S/C14H16N4O3/c1-10-4-5-12(15-7-10)18-13(19)9-17-14(20)16-8-11-3-2-6-21-11/h2-7H,8-9H2,1H3,(H,15,18,19)(H2,16,17,20). The second-order valence-corrected chi connectivity index (χ2v) is 4.38. The van der Waals surface area contributed by atoms with Gasteiger partial charge >= 0.3 is 6.03 Å². The summed E-state index contributed by atoms with van der Waals surface area (Å²) in [5, 5.41) is 7.60. The fourth-order valence-electron chi connectivity index (χ4n) is 1.53. The summed E-state index contributed by atoms with van der Waals surface area (Å²) < 4.78 is 5.07. The van der Waals surface area contributed by atoms with Crippen molar-refractivity contribution in [2.75, 3.05) is 11.9 Å². The van der Waals surface area contributed by atoms with Gasteiger partial charge in [0.05, 0.1) is 19.4 Å². The van der Waals surface area contributed by atoms with Gasteiger partial charge in [0.1, 0.15) is 11.6 Å². The van der Waals surface area contributed by atoms with Gasteiger partial charge in [0.2, 0.25) is 5.91 Å². The van der Waals surface area contributed by atoms with Crippen LogP contribution in [0.4, 0.5) is 10.6 Å². The van der Waals surface area contributed by atoms with Crippen molar-refractivity contribution < 1.29 is 14.0 Å². The van der Waals surface area contributed by atoms with E-state index in [0.717, 1.165) is 5.56 Å². The summed E-state index contributed by atoms with van der Waals surface area (Å²) in [5.74, 6) is 0.737. The Kier molecular flexibility index (Phi) is 4.92. The minimum atomic E-state index is -0.446. The Hall–Kier alpha value is -2.83. The zero-order valence-corrected chi connectivity index (χ0v) is 11.6. The minimum Gasteiger partial charge on any atom is -0.467 e. The maximum atomic E-state index is 11.6. The normalized spacial score (nSPS) is 9.95. The van der Waals surface area contributed by atoms with E-state index in [4.69, 9.17) is 4.42 Å². The first-order valence-electron chi connectivity index (χ1n) is 6.40. The summed E-state index contributed by atoms with van der Waals surface area (Å²) in [6, 6.07) is 6.57. The third-order valence-electron chi connectivity index (χ3n) is 2.59. The molecule has 0 aliphatic carbocycles. The van der Waals surface area contributed by atoms with Gasteiger partial charge in [-0.2, -0.15) is 0 Å². The smallest absolute Gasteiger partial charge is 0.315 e. The third kappa shape index (κ3) is 4.98. The molecule has 2 aromatic heterocycles. The number of hydrogen-bond donors (Lipinski definition) is 3. The summed E-state index contributed by atoms with van der Waals surface area (Å²) in [7, 11) is 0. The molecular formula is C14H16N4O3. The number of carbonyl (C=O) groups excluding carboxylic acids is 2. The van der Waals surface area contributed by atoms with Gasteiger partial charge in [-0.3, -0.25) is 4.79 Å². The molecule has 0 aliphatic rings. The van der Waals surface area contributed by atoms with Crippen LogP contribution in [0.3, 0.4) is 0 Å². The molecule has 2 aromatic rings. The summed E-state index contributed by atoms with van der Waals surface area (Å²) in [4.78, 5) is 27.1. The molecule has 7 nitrogen and oxygen atoms in total. The molecule has 110 valence electrons. The second-order valence-electron chi connectivity index (χ2n) is 4.38. The molecular weight excluding hydrogens is 272 g/mol. The van der Waals surface area contributed by atoms with Gasteiger partial charge in [-0.15, -0.1) is 0 Å². The third-order valence-corrected chi connectivity index (χ3v) is 2.59. The van der Waals surface area contributed by atoms with Gasteiger partial charge in [-0.1, -0.05) is 6.07 Å². The van der Waals surface area contributed by atoms with Crippen LogP contribution in [0.15, 0.2) is 41.1 Å². The van der Waals surface area contributed by atoms with E-state index in [1.165, 1.54) is 6.26 Å². The fourth-order valence-corrected chi connectivity index (χ4v) is 1.53. The molecule has 2 heterocycles. The second kappa shape index (κ2) is 7.09. The lowest BCUT2D eigenvalue weighted by Crippen LogP contribution is -2.39. The molecule has 0 aromatic carbocycles. The lowest BCUT2D eigenvalue weighted by atomic mass is 10.3. The first kappa shape index (κ1) is 14.6. The van der Waals surface area contributed by atoms with Crippen LogP contribution in [0.25, 0.3) is 0 Å². The molecule has 21 heavy (non-hydrogen) atoms. The molecule has 0 saturated heterocycles. The van der Waals surface area contributed by atoms with Crippen LogP contribution >= 0.6 is 0 Å². The van der Waals surface area contributed by atoms with Crippen molar-refractivity contribution in [2.45, 2.75) is 13.5 Å². The van der Waals surface area contributed by atoms with E-state index in [-0.39, 0.29) is 19.0 Å². The van der Waals surface area contributed by atoms with Crippen LogP contribution in [0.2, 0.25) is 0 Å². The topological polar surface area (TPSA) is 96.3 Å². The van der Waals surface area contributed by atoms with E-state index in [2.05, 4.69) is 20.9 Å². The van der Waals surface area contributed by atoms with Crippen molar-refractivity contribution in [3.63, 3.8) is 0 Å². The number of aryl methyl sites for hydroxylation is 1. The van der Waals surface area contributed by atoms with E-state index >= 15 is 0 Å². The van der Waals surface area contributed by atoms with Crippen LogP contribution in [0.5, 0.6) is 0 Å². The maximum Gasteiger partial charge on any atom is 0.315 e. The molecule has 0 spiro atoms. The molecule has 0 radical (unpaired) electrons. The number of anilines is 1. The predicted octanol–water partition coefficient (Wildman–Crippen LogP) is 1.42. The van der Waals surface area contributed by atoms with Crippen molar-refractivity contribution in [1.29, 1.82) is 0 Å². The number of furan rings is 1. The molecule has 0 fully saturated rings. The Morgan fingerprint density at radius 1 is 1.24 bits per heavy atom. The van der Waals surface area contributed by atoms with Gasteiger partial charge in [-0.25, -0.2) is 9.78 Å². The molecule has 3 amide bonds. The number of carbonyl (C=O) groups is 2. The monoisotopic (exact) mass is 288 g/mol. The molecule has 0 unspecified atom stereocenters. The fraction of sp³-hybridized carbons (Fsp3) is 0.214. The zero-order chi connectivity index (χ0) is 15.1. The maximum absolute atomic E-state index is 11.6. The number of hydrogen-bond acceptors (Lipinski definition) is 4. The van der Waals surface area contributed by atoms with Crippen LogP contribution in [-0.2, 0) is 11.3 Å². The minimum absolute atomic E-state index is 0.139. The van der Waals surface area contributed by atoms with Gasteiger partial charge in [0, 0.05) is 6.20 Å². The van der Waals surface area contributed by atoms with Crippen LogP contribution in [0, 0.1) is 6.92 Å². The van der Waals surface area contributed by atoms with Gasteiger partial charge in [0.15, 0.2) is 0 Å². The van der Waals surface area contributed by atoms with Crippen molar-refractivity contribution in [3.05, 3.63) is 48.0 Å². The van der Waals surface area contributed by atoms with E-state index in [1.807, 2.05) is 13.0 Å². The molecule has 2 rings (SSSR count). The van der Waals surface area contributed by atoms with E-state index < -0.39 is 6.03 Å². The molecule has 0 saturated carbocycles. The highest BCUT2D eigenvalue weighted by atomic mass is 16.3. The Morgan fingerprint density at radius 2 is 2.10 bits per heavy atom. The number of aromatic nitrogens is 1. The van der Waals surface area contributed by atoms with E-state index in [9.17, 15) is 9.59 Å². The Morgan fingerprint density at radius 3 is 2.76 bits per heavy atom. The predicted molar refractivity (Wildman–Crippen MR) is 76.6 cm³/mol. The molecule has 0 atom stereocenters. The van der Waals surface area contributed by atoms with Crippen molar-refractivity contribution in [3.8, 4) is 0 Å². The Balaban J connectivity index is 1.68. The van der Waals surface area contributed by atoms with Gasteiger partial charge < -0.3 is 20.4 Å².